The van der Waals surface area contributed by atoms with Crippen LogP contribution in [0.2, 0.25) is 0 Å². The monoisotopic (exact) mass is 397 g/mol. The average molecular weight is 398 g/mol. The van der Waals surface area contributed by atoms with Crippen molar-refractivity contribution in [2.45, 2.75) is 33.6 Å². The van der Waals surface area contributed by atoms with Crippen LogP contribution in [0, 0.1) is 13.8 Å². The van der Waals surface area contributed by atoms with Gasteiger partial charge in [-0.05, 0) is 55.7 Å². The number of unbranched alkanes of at least 4 members (excludes halogenated alkanes) is 1. The summed E-state index contributed by atoms with van der Waals surface area (Å²) in [5.41, 5.74) is 4.02. The second-order valence-corrected chi connectivity index (χ2v) is 8.25. The Kier molecular flexibility index (Phi) is 6.34. The lowest BCUT2D eigenvalue weighted by Crippen LogP contribution is -2.28. The molecule has 1 saturated heterocycles. The van der Waals surface area contributed by atoms with Gasteiger partial charge in [-0.2, -0.15) is 0 Å². The van der Waals surface area contributed by atoms with Gasteiger partial charge in [0.1, 0.15) is 5.75 Å². The van der Waals surface area contributed by atoms with Gasteiger partial charge in [-0.1, -0.05) is 67.2 Å². The van der Waals surface area contributed by atoms with Gasteiger partial charge in [0, 0.05) is 0 Å². The number of benzene rings is 2. The maximum atomic E-state index is 12.9. The van der Waals surface area contributed by atoms with E-state index in [9.17, 15) is 4.79 Å². The van der Waals surface area contributed by atoms with Gasteiger partial charge in [0.15, 0.2) is 4.32 Å². The molecule has 2 aromatic carbocycles. The van der Waals surface area contributed by atoms with Crippen molar-refractivity contribution in [2.24, 2.45) is 0 Å². The third kappa shape index (κ3) is 4.60. The quantitative estimate of drug-likeness (QED) is 0.345. The Morgan fingerprint density at radius 2 is 1.89 bits per heavy atom. The lowest BCUT2D eigenvalue weighted by molar-refractivity contribution is -0.113. The summed E-state index contributed by atoms with van der Waals surface area (Å²) < 4.78 is 6.25. The summed E-state index contributed by atoms with van der Waals surface area (Å²) in [5, 5.41) is 0. The molecule has 5 heteroatoms. The van der Waals surface area contributed by atoms with Crippen LogP contribution in [-0.2, 0) is 4.79 Å². The lowest BCUT2D eigenvalue weighted by atomic mass is 10.1. The van der Waals surface area contributed by atoms with E-state index in [4.69, 9.17) is 17.0 Å². The van der Waals surface area contributed by atoms with Crippen LogP contribution in [0.15, 0.2) is 47.4 Å². The molecule has 0 aliphatic carbocycles. The molecule has 0 atom stereocenters. The van der Waals surface area contributed by atoms with E-state index in [1.54, 1.807) is 4.90 Å². The van der Waals surface area contributed by atoms with Crippen molar-refractivity contribution >= 4 is 46.0 Å². The van der Waals surface area contributed by atoms with Crippen LogP contribution in [0.1, 0.15) is 36.5 Å². The number of carbonyl (C=O) groups is 1. The van der Waals surface area contributed by atoms with Crippen molar-refractivity contribution in [3.63, 3.8) is 0 Å². The molecule has 3 rings (SSSR count). The van der Waals surface area contributed by atoms with Crippen molar-refractivity contribution in [3.8, 4) is 5.75 Å². The molecule has 0 radical (unpaired) electrons. The smallest absolute Gasteiger partial charge is 0.270 e. The molecule has 140 valence electrons. The molecule has 1 aliphatic heterocycles. The average Bonchev–Trinajstić information content (AvgIpc) is 2.91. The van der Waals surface area contributed by atoms with Crippen LogP contribution in [0.4, 0.5) is 5.69 Å². The molecule has 0 unspecified atom stereocenters. The molecule has 1 fully saturated rings. The number of amides is 1. The fourth-order valence-electron chi connectivity index (χ4n) is 2.88. The van der Waals surface area contributed by atoms with Crippen LogP contribution in [0.5, 0.6) is 5.75 Å². The van der Waals surface area contributed by atoms with Crippen LogP contribution >= 0.6 is 24.0 Å². The first kappa shape index (κ1) is 19.6. The minimum absolute atomic E-state index is 0.0692. The summed E-state index contributed by atoms with van der Waals surface area (Å²) in [5.74, 6) is 0.781. The minimum atomic E-state index is -0.0692. The van der Waals surface area contributed by atoms with Gasteiger partial charge in [-0.25, -0.2) is 0 Å². The van der Waals surface area contributed by atoms with E-state index in [-0.39, 0.29) is 5.91 Å². The highest BCUT2D eigenvalue weighted by atomic mass is 32.2. The maximum Gasteiger partial charge on any atom is 0.270 e. The molecular weight excluding hydrogens is 374 g/mol. The summed E-state index contributed by atoms with van der Waals surface area (Å²) in [4.78, 5) is 15.2. The number of aryl methyl sites for hydroxylation is 2. The third-order valence-corrected chi connectivity index (χ3v) is 5.63. The van der Waals surface area contributed by atoms with E-state index in [0.717, 1.165) is 42.0 Å². The zero-order valence-corrected chi connectivity index (χ0v) is 17.5. The fraction of sp³-hybridized carbons (Fsp3) is 0.273. The normalized spacial score (nSPS) is 15.7. The van der Waals surface area contributed by atoms with Crippen molar-refractivity contribution in [3.05, 3.63) is 64.1 Å². The summed E-state index contributed by atoms with van der Waals surface area (Å²) in [6.07, 6.45) is 4.04. The second kappa shape index (κ2) is 8.72. The third-order valence-electron chi connectivity index (χ3n) is 4.33. The second-order valence-electron chi connectivity index (χ2n) is 6.58. The molecule has 0 aromatic heterocycles. The van der Waals surface area contributed by atoms with E-state index in [1.807, 2.05) is 56.3 Å². The summed E-state index contributed by atoms with van der Waals surface area (Å²) in [6, 6.07) is 13.8. The van der Waals surface area contributed by atoms with E-state index < -0.39 is 0 Å². The largest absolute Gasteiger partial charge is 0.494 e. The fourth-order valence-corrected chi connectivity index (χ4v) is 4.16. The zero-order valence-electron chi connectivity index (χ0n) is 15.8. The first-order valence-corrected chi connectivity index (χ1v) is 10.3. The van der Waals surface area contributed by atoms with E-state index >= 15 is 0 Å². The molecule has 1 aliphatic rings. The van der Waals surface area contributed by atoms with Crippen LogP contribution in [0.25, 0.3) is 6.08 Å². The first-order chi connectivity index (χ1) is 13.0. The molecule has 2 aromatic rings. The van der Waals surface area contributed by atoms with Crippen molar-refractivity contribution in [1.82, 2.24) is 0 Å². The Morgan fingerprint density at radius 1 is 1.15 bits per heavy atom. The Labute approximate surface area is 170 Å². The Hall–Kier alpha value is -2.11. The van der Waals surface area contributed by atoms with Crippen LogP contribution in [0.3, 0.4) is 0 Å². The van der Waals surface area contributed by atoms with Gasteiger partial charge in [-0.15, -0.1) is 0 Å². The van der Waals surface area contributed by atoms with Gasteiger partial charge in [0.25, 0.3) is 5.91 Å². The molecule has 27 heavy (non-hydrogen) atoms. The Balaban J connectivity index is 1.78. The standard InChI is InChI=1S/C22H23NO2S2/c1-4-5-12-25-18-9-7-17(8-10-18)14-20-21(24)23(22(26)27-20)19-11-6-15(2)13-16(19)3/h6-11,13-14H,4-5,12H2,1-3H3/b20-14-. The first-order valence-electron chi connectivity index (χ1n) is 9.07. The van der Waals surface area contributed by atoms with Gasteiger partial charge in [0.05, 0.1) is 17.2 Å². The number of anilines is 1. The number of thiocarbonyl (C=S) groups is 1. The number of nitrogens with zero attached hydrogens (tertiary/aromatic N) is 1. The number of thioether (sulfide) groups is 1. The van der Waals surface area contributed by atoms with E-state index in [0.29, 0.717) is 9.23 Å². The number of hydrogen-bond acceptors (Lipinski definition) is 4. The predicted molar refractivity (Wildman–Crippen MR) is 118 cm³/mol. The predicted octanol–water partition coefficient (Wildman–Crippen LogP) is 5.89. The topological polar surface area (TPSA) is 29.5 Å². The number of ether oxygens (including phenoxy) is 1. The number of hydrogen-bond donors (Lipinski definition) is 0. The van der Waals surface area contributed by atoms with E-state index in [1.165, 1.54) is 17.3 Å². The highest BCUT2D eigenvalue weighted by Crippen LogP contribution is 2.37. The molecular formula is C22H23NO2S2. The Bertz CT molecular complexity index is 888. The SMILES string of the molecule is CCCCOc1ccc(/C=C2\SC(=S)N(c3ccc(C)cc3C)C2=O)cc1. The summed E-state index contributed by atoms with van der Waals surface area (Å²) in [7, 11) is 0. The molecule has 0 spiro atoms. The summed E-state index contributed by atoms with van der Waals surface area (Å²) in [6.45, 7) is 6.91. The molecule has 1 amide bonds. The maximum absolute atomic E-state index is 12.9. The van der Waals surface area contributed by atoms with Gasteiger partial charge in [0.2, 0.25) is 0 Å². The van der Waals surface area contributed by atoms with Gasteiger partial charge in [-0.3, -0.25) is 9.69 Å². The zero-order chi connectivity index (χ0) is 19.4. The van der Waals surface area contributed by atoms with E-state index in [2.05, 4.69) is 13.0 Å². The van der Waals surface area contributed by atoms with Crippen LogP contribution in [-0.4, -0.2) is 16.8 Å². The molecule has 3 nitrogen and oxygen atoms in total. The van der Waals surface area contributed by atoms with Crippen molar-refractivity contribution < 1.29 is 9.53 Å². The summed E-state index contributed by atoms with van der Waals surface area (Å²) >= 11 is 6.82. The highest BCUT2D eigenvalue weighted by molar-refractivity contribution is 8.27. The van der Waals surface area contributed by atoms with Crippen molar-refractivity contribution in [2.75, 3.05) is 11.5 Å². The number of carbonyl (C=O) groups excluding carboxylic acids is 1. The van der Waals surface area contributed by atoms with Crippen molar-refractivity contribution in [1.29, 1.82) is 0 Å². The minimum Gasteiger partial charge on any atom is -0.494 e. The highest BCUT2D eigenvalue weighted by Gasteiger charge is 2.33. The molecule has 0 bridgehead atoms. The molecule has 1 heterocycles. The van der Waals surface area contributed by atoms with Gasteiger partial charge >= 0.3 is 0 Å². The van der Waals surface area contributed by atoms with Gasteiger partial charge < -0.3 is 4.74 Å². The lowest BCUT2D eigenvalue weighted by Gasteiger charge is -2.17. The Morgan fingerprint density at radius 3 is 2.56 bits per heavy atom. The molecule has 0 N–H and O–H groups in total. The molecule has 0 saturated carbocycles. The number of rotatable bonds is 6. The van der Waals surface area contributed by atoms with Crippen LogP contribution < -0.4 is 9.64 Å².